The molecule has 0 atom stereocenters. The highest BCUT2D eigenvalue weighted by atomic mass is 16.3. The van der Waals surface area contributed by atoms with E-state index in [-0.39, 0.29) is 11.5 Å². The zero-order chi connectivity index (χ0) is 11.0. The van der Waals surface area contributed by atoms with Crippen molar-refractivity contribution in [3.63, 3.8) is 0 Å². The molecule has 76 valence electrons. The first-order valence-electron chi connectivity index (χ1n) is 4.69. The molecule has 0 fully saturated rings. The fourth-order valence-corrected chi connectivity index (χ4v) is 1.59. The average molecular weight is 200 g/mol. The maximum atomic E-state index is 9.67. The minimum absolute atomic E-state index is 0.0723. The van der Waals surface area contributed by atoms with Crippen LogP contribution in [0, 0.1) is 0 Å². The number of aromatic hydroxyl groups is 2. The molecule has 0 bridgehead atoms. The second-order valence-electron chi connectivity index (χ2n) is 3.68. The molecule has 0 unspecified atom stereocenters. The Balaban J connectivity index is 2.76. The van der Waals surface area contributed by atoms with Crippen LogP contribution in [0.3, 0.4) is 0 Å². The monoisotopic (exact) mass is 200 g/mol. The summed E-state index contributed by atoms with van der Waals surface area (Å²) in [5.41, 5.74) is 1.94. The van der Waals surface area contributed by atoms with Crippen LogP contribution < -0.4 is 0 Å². The van der Waals surface area contributed by atoms with Crippen LogP contribution in [-0.4, -0.2) is 10.2 Å². The summed E-state index contributed by atoms with van der Waals surface area (Å²) in [5, 5.41) is 20.5. The van der Waals surface area contributed by atoms with Crippen molar-refractivity contribution >= 4 is 16.3 Å². The van der Waals surface area contributed by atoms with Crippen LogP contribution in [0.1, 0.15) is 12.5 Å². The third kappa shape index (κ3) is 1.66. The topological polar surface area (TPSA) is 40.5 Å². The number of fused-ring (bicyclic) bond motifs is 1. The Morgan fingerprint density at radius 2 is 1.87 bits per heavy atom. The van der Waals surface area contributed by atoms with Crippen molar-refractivity contribution in [2.45, 2.75) is 6.92 Å². The van der Waals surface area contributed by atoms with E-state index in [4.69, 9.17) is 0 Å². The second kappa shape index (κ2) is 3.31. The van der Waals surface area contributed by atoms with Gasteiger partial charge in [0.25, 0.3) is 0 Å². The van der Waals surface area contributed by atoms with E-state index >= 15 is 0 Å². The predicted molar refractivity (Wildman–Crippen MR) is 62.0 cm³/mol. The lowest BCUT2D eigenvalue weighted by Crippen LogP contribution is -1.80. The quantitative estimate of drug-likeness (QED) is 0.741. The first-order chi connectivity index (χ1) is 7.08. The fourth-order valence-electron chi connectivity index (χ4n) is 1.59. The molecule has 0 saturated carbocycles. The Labute approximate surface area is 88.1 Å². The average Bonchev–Trinajstić information content (AvgIpc) is 2.16. The summed E-state index contributed by atoms with van der Waals surface area (Å²) in [6.45, 7) is 5.76. The van der Waals surface area contributed by atoms with Crippen molar-refractivity contribution in [3.05, 3.63) is 42.5 Å². The molecule has 0 radical (unpaired) electrons. The third-order valence-corrected chi connectivity index (χ3v) is 2.41. The first-order valence-corrected chi connectivity index (χ1v) is 4.69. The Morgan fingerprint density at radius 1 is 1.13 bits per heavy atom. The fraction of sp³-hybridized carbons (Fsp3) is 0.0769. The number of phenols is 2. The van der Waals surface area contributed by atoms with E-state index < -0.39 is 0 Å². The maximum absolute atomic E-state index is 9.67. The Kier molecular flexibility index (Phi) is 2.12. The molecule has 2 aromatic carbocycles. The van der Waals surface area contributed by atoms with Crippen LogP contribution in [0.5, 0.6) is 11.5 Å². The Bertz CT molecular complexity index is 541. The highest BCUT2D eigenvalue weighted by Gasteiger charge is 2.03. The zero-order valence-corrected chi connectivity index (χ0v) is 8.49. The first kappa shape index (κ1) is 9.59. The smallest absolute Gasteiger partial charge is 0.127 e. The molecule has 2 nitrogen and oxygen atoms in total. The zero-order valence-electron chi connectivity index (χ0n) is 8.49. The van der Waals surface area contributed by atoms with Gasteiger partial charge in [0, 0.05) is 11.5 Å². The van der Waals surface area contributed by atoms with Gasteiger partial charge in [-0.2, -0.15) is 0 Å². The number of hydrogen-bond donors (Lipinski definition) is 2. The van der Waals surface area contributed by atoms with Crippen LogP contribution in [0.4, 0.5) is 0 Å². The van der Waals surface area contributed by atoms with E-state index in [2.05, 4.69) is 6.58 Å². The number of benzene rings is 2. The molecular formula is C13H12O2. The predicted octanol–water partition coefficient (Wildman–Crippen LogP) is 3.28. The molecular weight excluding hydrogens is 188 g/mol. The normalized spacial score (nSPS) is 10.5. The number of phenolic OH excluding ortho intramolecular Hbond substituents is 2. The Hall–Kier alpha value is -1.96. The molecule has 0 saturated heterocycles. The van der Waals surface area contributed by atoms with Crippen molar-refractivity contribution in [1.29, 1.82) is 0 Å². The van der Waals surface area contributed by atoms with E-state index in [0.29, 0.717) is 0 Å². The lowest BCUT2D eigenvalue weighted by molar-refractivity contribution is 0.455. The third-order valence-electron chi connectivity index (χ3n) is 2.41. The lowest BCUT2D eigenvalue weighted by Gasteiger charge is -2.05. The van der Waals surface area contributed by atoms with E-state index in [1.165, 1.54) is 6.07 Å². The van der Waals surface area contributed by atoms with Gasteiger partial charge in [-0.25, -0.2) is 0 Å². The van der Waals surface area contributed by atoms with E-state index in [9.17, 15) is 10.2 Å². The molecule has 0 aliphatic heterocycles. The molecule has 2 rings (SSSR count). The minimum Gasteiger partial charge on any atom is -0.508 e. The van der Waals surface area contributed by atoms with Crippen molar-refractivity contribution in [2.24, 2.45) is 0 Å². The molecule has 0 spiro atoms. The van der Waals surface area contributed by atoms with Crippen LogP contribution >= 0.6 is 0 Å². The Morgan fingerprint density at radius 3 is 2.53 bits per heavy atom. The van der Waals surface area contributed by atoms with Crippen molar-refractivity contribution in [3.8, 4) is 11.5 Å². The highest BCUT2D eigenvalue weighted by molar-refractivity contribution is 5.91. The maximum Gasteiger partial charge on any atom is 0.127 e. The van der Waals surface area contributed by atoms with E-state index in [0.717, 1.165) is 21.9 Å². The molecule has 0 aromatic heterocycles. The molecule has 2 aromatic rings. The van der Waals surface area contributed by atoms with Crippen LogP contribution in [0.25, 0.3) is 16.3 Å². The number of rotatable bonds is 1. The van der Waals surface area contributed by atoms with Gasteiger partial charge in [0.05, 0.1) is 0 Å². The largest absolute Gasteiger partial charge is 0.508 e. The molecule has 0 aliphatic rings. The molecule has 0 heterocycles. The summed E-state index contributed by atoms with van der Waals surface area (Å²) in [5.74, 6) is 0.163. The minimum atomic E-state index is 0.0723. The summed E-state index contributed by atoms with van der Waals surface area (Å²) >= 11 is 0. The van der Waals surface area contributed by atoms with Crippen molar-refractivity contribution in [2.75, 3.05) is 0 Å². The molecule has 15 heavy (non-hydrogen) atoms. The SMILES string of the molecule is C=C(C)c1ccc2cc(O)cc(O)c2c1. The summed E-state index contributed by atoms with van der Waals surface area (Å²) in [7, 11) is 0. The van der Waals surface area contributed by atoms with Crippen molar-refractivity contribution in [1.82, 2.24) is 0 Å². The van der Waals surface area contributed by atoms with E-state index in [1.807, 2.05) is 25.1 Å². The van der Waals surface area contributed by atoms with Gasteiger partial charge in [0.15, 0.2) is 0 Å². The van der Waals surface area contributed by atoms with Gasteiger partial charge in [-0.15, -0.1) is 0 Å². The number of allylic oxidation sites excluding steroid dienone is 1. The summed E-state index contributed by atoms with van der Waals surface area (Å²) in [6.07, 6.45) is 0. The second-order valence-corrected chi connectivity index (χ2v) is 3.68. The van der Waals surface area contributed by atoms with Gasteiger partial charge in [-0.3, -0.25) is 0 Å². The van der Waals surface area contributed by atoms with Crippen LogP contribution in [-0.2, 0) is 0 Å². The summed E-state index contributed by atoms with van der Waals surface area (Å²) in [6, 6.07) is 8.61. The number of hydrogen-bond acceptors (Lipinski definition) is 2. The molecule has 2 N–H and O–H groups in total. The van der Waals surface area contributed by atoms with Crippen molar-refractivity contribution < 1.29 is 10.2 Å². The standard InChI is InChI=1S/C13H12O2/c1-8(2)9-3-4-10-5-11(14)7-13(15)12(10)6-9/h3-7,14-15H,1H2,2H3. The van der Waals surface area contributed by atoms with Crippen LogP contribution in [0.15, 0.2) is 36.9 Å². The molecule has 2 heteroatoms. The van der Waals surface area contributed by atoms with E-state index in [1.54, 1.807) is 6.07 Å². The van der Waals surface area contributed by atoms with Gasteiger partial charge < -0.3 is 10.2 Å². The van der Waals surface area contributed by atoms with Gasteiger partial charge in [-0.1, -0.05) is 24.3 Å². The van der Waals surface area contributed by atoms with Gasteiger partial charge in [0.1, 0.15) is 11.5 Å². The summed E-state index contributed by atoms with van der Waals surface area (Å²) < 4.78 is 0. The highest BCUT2D eigenvalue weighted by Crippen LogP contribution is 2.31. The molecule has 0 amide bonds. The van der Waals surface area contributed by atoms with Crippen LogP contribution in [0.2, 0.25) is 0 Å². The molecule has 0 aliphatic carbocycles. The van der Waals surface area contributed by atoms with Gasteiger partial charge >= 0.3 is 0 Å². The summed E-state index contributed by atoms with van der Waals surface area (Å²) in [4.78, 5) is 0. The lowest BCUT2D eigenvalue weighted by atomic mass is 10.0. The van der Waals surface area contributed by atoms with Gasteiger partial charge in [-0.05, 0) is 30.0 Å². The van der Waals surface area contributed by atoms with Gasteiger partial charge in [0.2, 0.25) is 0 Å².